The molecule has 0 aromatic rings. The summed E-state index contributed by atoms with van der Waals surface area (Å²) >= 11 is 1.43. The number of nitrogens with one attached hydrogen (secondary N) is 1. The van der Waals surface area contributed by atoms with Crippen LogP contribution in [0.4, 0.5) is 0 Å². The summed E-state index contributed by atoms with van der Waals surface area (Å²) in [7, 11) is 0. The largest absolute Gasteiger partial charge is 0.477 e. The quantitative estimate of drug-likeness (QED) is 0.605. The van der Waals surface area contributed by atoms with Crippen LogP contribution in [0.2, 0.25) is 0 Å². The lowest BCUT2D eigenvalue weighted by atomic mass is 10.2. The minimum Gasteiger partial charge on any atom is -0.477 e. The fraction of sp³-hybridized carbons (Fsp3) is 0.400. The van der Waals surface area contributed by atoms with Crippen LogP contribution in [0, 0.1) is 0 Å². The first-order valence-corrected chi connectivity index (χ1v) is 5.83. The Labute approximate surface area is 97.8 Å². The second kappa shape index (κ2) is 5.72. The minimum absolute atomic E-state index is 0.124. The zero-order chi connectivity index (χ0) is 12.1. The summed E-state index contributed by atoms with van der Waals surface area (Å²) in [5.74, 6) is -0.498. The molecule has 1 aliphatic heterocycles. The van der Waals surface area contributed by atoms with Crippen LogP contribution in [0.25, 0.3) is 0 Å². The van der Waals surface area contributed by atoms with E-state index in [0.29, 0.717) is 17.6 Å². The van der Waals surface area contributed by atoms with E-state index in [9.17, 15) is 9.59 Å². The lowest BCUT2D eigenvalue weighted by Gasteiger charge is -2.28. The Balaban J connectivity index is 2.91. The number of carboxylic acids is 1. The van der Waals surface area contributed by atoms with Crippen molar-refractivity contribution in [1.82, 2.24) is 5.32 Å². The van der Waals surface area contributed by atoms with Crippen molar-refractivity contribution in [2.24, 2.45) is 5.73 Å². The van der Waals surface area contributed by atoms with E-state index in [1.165, 1.54) is 11.8 Å². The van der Waals surface area contributed by atoms with Gasteiger partial charge in [-0.25, -0.2) is 4.79 Å². The predicted molar refractivity (Wildman–Crippen MR) is 62.9 cm³/mol. The first kappa shape index (κ1) is 12.8. The minimum atomic E-state index is -1.03. The van der Waals surface area contributed by atoms with E-state index in [-0.39, 0.29) is 11.1 Å². The Kier molecular flexibility index (Phi) is 4.57. The highest BCUT2D eigenvalue weighted by atomic mass is 32.2. The van der Waals surface area contributed by atoms with E-state index in [1.54, 1.807) is 12.2 Å². The third kappa shape index (κ3) is 2.86. The van der Waals surface area contributed by atoms with Gasteiger partial charge in [0.2, 0.25) is 0 Å². The standard InChI is InChI=1S/C10H14N2O3S/c1-2-3-6-5-16-9(7(11)4-13)12-8(6)10(14)15/h2-4,7,9,12H,5,11H2,1H3,(H,14,15)/b3-2-. The van der Waals surface area contributed by atoms with Gasteiger partial charge in [0.25, 0.3) is 0 Å². The van der Waals surface area contributed by atoms with Gasteiger partial charge in [-0.2, -0.15) is 0 Å². The fourth-order valence-electron chi connectivity index (χ4n) is 1.34. The van der Waals surface area contributed by atoms with Crippen LogP contribution >= 0.6 is 11.8 Å². The van der Waals surface area contributed by atoms with Crippen molar-refractivity contribution in [2.75, 3.05) is 5.75 Å². The SMILES string of the molecule is C/C=C\C1=C(C(=O)O)NC(C(N)C=O)SC1. The molecule has 88 valence electrons. The van der Waals surface area contributed by atoms with Gasteiger partial charge < -0.3 is 21.0 Å². The van der Waals surface area contributed by atoms with Crippen molar-refractivity contribution in [3.8, 4) is 0 Å². The zero-order valence-corrected chi connectivity index (χ0v) is 9.66. The molecule has 0 radical (unpaired) electrons. The Bertz CT molecular complexity index is 352. The van der Waals surface area contributed by atoms with E-state index in [2.05, 4.69) is 5.32 Å². The van der Waals surface area contributed by atoms with Gasteiger partial charge in [0.1, 0.15) is 12.0 Å². The van der Waals surface area contributed by atoms with Gasteiger partial charge in [-0.3, -0.25) is 0 Å². The highest BCUT2D eigenvalue weighted by Crippen LogP contribution is 2.24. The van der Waals surface area contributed by atoms with E-state index in [0.717, 1.165) is 0 Å². The second-order valence-corrected chi connectivity index (χ2v) is 4.42. The average Bonchev–Trinajstić information content (AvgIpc) is 2.28. The van der Waals surface area contributed by atoms with Gasteiger partial charge in [-0.05, 0) is 12.5 Å². The van der Waals surface area contributed by atoms with Crippen LogP contribution in [0.3, 0.4) is 0 Å². The Morgan fingerprint density at radius 2 is 2.44 bits per heavy atom. The summed E-state index contributed by atoms with van der Waals surface area (Å²) < 4.78 is 0. The van der Waals surface area contributed by atoms with E-state index in [1.807, 2.05) is 6.92 Å². The number of carboxylic acid groups (broad SMARTS) is 1. The van der Waals surface area contributed by atoms with Crippen molar-refractivity contribution >= 4 is 24.0 Å². The molecule has 1 aliphatic rings. The molecule has 5 nitrogen and oxygen atoms in total. The Morgan fingerprint density at radius 1 is 1.75 bits per heavy atom. The maximum atomic E-state index is 11.0. The van der Waals surface area contributed by atoms with Crippen LogP contribution in [0.15, 0.2) is 23.4 Å². The van der Waals surface area contributed by atoms with Gasteiger partial charge >= 0.3 is 5.97 Å². The number of allylic oxidation sites excluding steroid dienone is 2. The third-order valence-electron chi connectivity index (χ3n) is 2.11. The van der Waals surface area contributed by atoms with Crippen LogP contribution in [0.5, 0.6) is 0 Å². The molecule has 0 bridgehead atoms. The number of carbonyl (C=O) groups excluding carboxylic acids is 1. The van der Waals surface area contributed by atoms with Crippen molar-refractivity contribution in [1.29, 1.82) is 0 Å². The van der Waals surface area contributed by atoms with Crippen molar-refractivity contribution in [2.45, 2.75) is 18.3 Å². The molecular formula is C10H14N2O3S. The van der Waals surface area contributed by atoms with Gasteiger partial charge in [-0.1, -0.05) is 12.2 Å². The molecule has 0 fully saturated rings. The number of hydrogen-bond acceptors (Lipinski definition) is 5. The van der Waals surface area contributed by atoms with Gasteiger partial charge in [0, 0.05) is 5.75 Å². The van der Waals surface area contributed by atoms with Crippen LogP contribution < -0.4 is 11.1 Å². The van der Waals surface area contributed by atoms with Gasteiger partial charge in [-0.15, -0.1) is 11.8 Å². The highest BCUT2D eigenvalue weighted by molar-refractivity contribution is 8.00. The average molecular weight is 242 g/mol. The lowest BCUT2D eigenvalue weighted by Crippen LogP contribution is -2.47. The van der Waals surface area contributed by atoms with Crippen molar-refractivity contribution in [3.63, 3.8) is 0 Å². The molecule has 1 rings (SSSR count). The molecule has 16 heavy (non-hydrogen) atoms. The number of aliphatic carboxylic acids is 1. The number of hydrogen-bond donors (Lipinski definition) is 3. The first-order chi connectivity index (χ1) is 7.60. The van der Waals surface area contributed by atoms with Crippen LogP contribution in [0.1, 0.15) is 6.92 Å². The summed E-state index contributed by atoms with van der Waals surface area (Å²) in [6.45, 7) is 1.82. The number of nitrogens with two attached hydrogens (primary N) is 1. The molecule has 2 unspecified atom stereocenters. The highest BCUT2D eigenvalue weighted by Gasteiger charge is 2.27. The summed E-state index contributed by atoms with van der Waals surface area (Å²) in [5.41, 5.74) is 6.37. The third-order valence-corrected chi connectivity index (χ3v) is 3.38. The maximum absolute atomic E-state index is 11.0. The molecule has 0 aromatic heterocycles. The van der Waals surface area contributed by atoms with E-state index in [4.69, 9.17) is 10.8 Å². The number of thioether (sulfide) groups is 1. The zero-order valence-electron chi connectivity index (χ0n) is 8.84. The maximum Gasteiger partial charge on any atom is 0.352 e. The molecule has 0 saturated carbocycles. The molecule has 2 atom stereocenters. The van der Waals surface area contributed by atoms with Gasteiger partial charge in [0.05, 0.1) is 11.4 Å². The number of rotatable bonds is 4. The molecule has 0 spiro atoms. The van der Waals surface area contributed by atoms with Gasteiger partial charge in [0.15, 0.2) is 0 Å². The molecule has 6 heteroatoms. The van der Waals surface area contributed by atoms with Crippen LogP contribution in [-0.2, 0) is 9.59 Å². The number of aldehydes is 1. The molecular weight excluding hydrogens is 228 g/mol. The topological polar surface area (TPSA) is 92.4 Å². The summed E-state index contributed by atoms with van der Waals surface area (Å²) in [5, 5.41) is 11.4. The number of carbonyl (C=O) groups is 2. The predicted octanol–water partition coefficient (Wildman–Crippen LogP) is 0.0899. The molecule has 0 saturated heterocycles. The van der Waals surface area contributed by atoms with E-state index >= 15 is 0 Å². The molecule has 0 aromatic carbocycles. The van der Waals surface area contributed by atoms with E-state index < -0.39 is 12.0 Å². The summed E-state index contributed by atoms with van der Waals surface area (Å²) in [6, 6.07) is -0.702. The molecule has 4 N–H and O–H groups in total. The summed E-state index contributed by atoms with van der Waals surface area (Å²) in [4.78, 5) is 21.5. The monoisotopic (exact) mass is 242 g/mol. The van der Waals surface area contributed by atoms with Crippen LogP contribution in [-0.4, -0.2) is 34.5 Å². The summed E-state index contributed by atoms with van der Waals surface area (Å²) in [6.07, 6.45) is 4.14. The lowest BCUT2D eigenvalue weighted by molar-refractivity contribution is -0.133. The van der Waals surface area contributed by atoms with Crippen molar-refractivity contribution < 1.29 is 14.7 Å². The molecule has 1 heterocycles. The molecule has 0 amide bonds. The van der Waals surface area contributed by atoms with Crippen molar-refractivity contribution in [3.05, 3.63) is 23.4 Å². The smallest absolute Gasteiger partial charge is 0.352 e. The Morgan fingerprint density at radius 3 is 2.94 bits per heavy atom. The second-order valence-electron chi connectivity index (χ2n) is 3.29. The Hall–Kier alpha value is -1.27. The normalized spacial score (nSPS) is 23.0. The molecule has 0 aliphatic carbocycles. The first-order valence-electron chi connectivity index (χ1n) is 4.78. The fourth-order valence-corrected chi connectivity index (χ4v) is 2.43.